The number of rotatable bonds is 5. The maximum atomic E-state index is 12.2. The molecule has 3 rings (SSSR count). The number of pyridine rings is 1. The Morgan fingerprint density at radius 2 is 2.27 bits per heavy atom. The lowest BCUT2D eigenvalue weighted by Crippen LogP contribution is -2.26. The summed E-state index contributed by atoms with van der Waals surface area (Å²) in [7, 11) is 1.51. The van der Waals surface area contributed by atoms with E-state index in [0.717, 1.165) is 24.3 Å². The van der Waals surface area contributed by atoms with Crippen LogP contribution in [-0.4, -0.2) is 29.5 Å². The number of fused-ring (bicyclic) bond motifs is 1. The zero-order valence-electron chi connectivity index (χ0n) is 12.6. The van der Waals surface area contributed by atoms with E-state index < -0.39 is 0 Å². The van der Waals surface area contributed by atoms with E-state index in [1.54, 1.807) is 29.7 Å². The van der Waals surface area contributed by atoms with Gasteiger partial charge in [-0.15, -0.1) is 11.3 Å². The zero-order chi connectivity index (χ0) is 15.4. The monoisotopic (exact) mass is 317 g/mol. The van der Waals surface area contributed by atoms with Crippen LogP contribution in [0, 0.1) is 0 Å². The number of nitrogens with zero attached hydrogens (tertiary/aromatic N) is 2. The van der Waals surface area contributed by atoms with Crippen LogP contribution in [0.4, 0.5) is 0 Å². The molecule has 1 N–H and O–H groups in total. The maximum Gasteiger partial charge on any atom is 0.256 e. The van der Waals surface area contributed by atoms with Gasteiger partial charge in [0.15, 0.2) is 0 Å². The van der Waals surface area contributed by atoms with E-state index in [-0.39, 0.29) is 5.91 Å². The average Bonchev–Trinajstić information content (AvgIpc) is 2.97. The van der Waals surface area contributed by atoms with Gasteiger partial charge in [0.2, 0.25) is 5.88 Å². The highest BCUT2D eigenvalue weighted by Gasteiger charge is 2.16. The Bertz CT molecular complexity index is 646. The van der Waals surface area contributed by atoms with Crippen molar-refractivity contribution in [3.63, 3.8) is 0 Å². The zero-order valence-corrected chi connectivity index (χ0v) is 13.4. The van der Waals surface area contributed by atoms with Crippen LogP contribution in [0.25, 0.3) is 0 Å². The normalized spacial score (nSPS) is 13.5. The van der Waals surface area contributed by atoms with Crippen molar-refractivity contribution in [2.45, 2.75) is 32.1 Å². The molecule has 0 aliphatic heterocycles. The molecule has 22 heavy (non-hydrogen) atoms. The number of aryl methyl sites for hydroxylation is 2. The quantitative estimate of drug-likeness (QED) is 0.920. The second-order valence-corrected chi connectivity index (χ2v) is 6.42. The lowest BCUT2D eigenvalue weighted by atomic mass is 10.0. The number of carbonyl (C=O) groups excluding carboxylic acids is 1. The van der Waals surface area contributed by atoms with Gasteiger partial charge < -0.3 is 10.1 Å². The van der Waals surface area contributed by atoms with E-state index in [1.807, 2.05) is 0 Å². The third-order valence-corrected chi connectivity index (χ3v) is 4.94. The fraction of sp³-hybridized carbons (Fsp3) is 0.438. The molecule has 2 heterocycles. The summed E-state index contributed by atoms with van der Waals surface area (Å²) < 4.78 is 5.10. The molecule has 1 aliphatic carbocycles. The Morgan fingerprint density at radius 1 is 1.41 bits per heavy atom. The Hall–Kier alpha value is -1.95. The largest absolute Gasteiger partial charge is 0.480 e. The van der Waals surface area contributed by atoms with Gasteiger partial charge in [0, 0.05) is 24.0 Å². The summed E-state index contributed by atoms with van der Waals surface area (Å²) in [4.78, 5) is 22.3. The van der Waals surface area contributed by atoms with Gasteiger partial charge in [-0.25, -0.2) is 9.97 Å². The average molecular weight is 317 g/mol. The maximum absolute atomic E-state index is 12.2. The second-order valence-electron chi connectivity index (χ2n) is 5.25. The lowest BCUT2D eigenvalue weighted by molar-refractivity contribution is 0.0950. The van der Waals surface area contributed by atoms with Crippen molar-refractivity contribution < 1.29 is 9.53 Å². The molecule has 0 bridgehead atoms. The van der Waals surface area contributed by atoms with Crippen LogP contribution >= 0.6 is 11.3 Å². The fourth-order valence-corrected chi connectivity index (χ4v) is 3.77. The predicted octanol–water partition coefficient (Wildman–Crippen LogP) is 2.40. The smallest absolute Gasteiger partial charge is 0.256 e. The van der Waals surface area contributed by atoms with Gasteiger partial charge in [0.25, 0.3) is 5.91 Å². The molecule has 0 fully saturated rings. The van der Waals surface area contributed by atoms with Crippen LogP contribution in [0.3, 0.4) is 0 Å². The van der Waals surface area contributed by atoms with Crippen molar-refractivity contribution in [3.8, 4) is 5.88 Å². The lowest BCUT2D eigenvalue weighted by Gasteiger charge is -2.07. The molecule has 6 heteroatoms. The SMILES string of the molecule is COc1ncccc1C(=O)NCCc1nc2c(s1)CCCC2. The van der Waals surface area contributed by atoms with E-state index in [9.17, 15) is 4.79 Å². The number of nitrogens with one attached hydrogen (secondary N) is 1. The Balaban J connectivity index is 1.56. The first-order valence-electron chi connectivity index (χ1n) is 7.52. The van der Waals surface area contributed by atoms with E-state index in [2.05, 4.69) is 15.3 Å². The highest BCUT2D eigenvalue weighted by Crippen LogP contribution is 2.26. The van der Waals surface area contributed by atoms with Gasteiger partial charge in [-0.1, -0.05) is 0 Å². The number of ether oxygens (including phenoxy) is 1. The van der Waals surface area contributed by atoms with Crippen molar-refractivity contribution >= 4 is 17.2 Å². The minimum absolute atomic E-state index is 0.161. The minimum Gasteiger partial charge on any atom is -0.480 e. The van der Waals surface area contributed by atoms with Crippen LogP contribution in [0.15, 0.2) is 18.3 Å². The third-order valence-electron chi connectivity index (χ3n) is 3.72. The number of carbonyl (C=O) groups is 1. The summed E-state index contributed by atoms with van der Waals surface area (Å²) in [6, 6.07) is 3.44. The van der Waals surface area contributed by atoms with Gasteiger partial charge in [-0.3, -0.25) is 4.79 Å². The second kappa shape index (κ2) is 6.87. The Labute approximate surface area is 133 Å². The van der Waals surface area contributed by atoms with Crippen molar-refractivity contribution in [3.05, 3.63) is 39.5 Å². The topological polar surface area (TPSA) is 64.1 Å². The summed E-state index contributed by atoms with van der Waals surface area (Å²) in [6.07, 6.45) is 7.15. The molecule has 116 valence electrons. The van der Waals surface area contributed by atoms with Crippen LogP contribution in [0.5, 0.6) is 5.88 Å². The third kappa shape index (κ3) is 3.27. The van der Waals surface area contributed by atoms with Crippen molar-refractivity contribution in [2.24, 2.45) is 0 Å². The molecular weight excluding hydrogens is 298 g/mol. The van der Waals surface area contributed by atoms with Crippen molar-refractivity contribution in [1.82, 2.24) is 15.3 Å². The Morgan fingerprint density at radius 3 is 3.09 bits per heavy atom. The molecule has 0 radical (unpaired) electrons. The molecule has 0 spiro atoms. The number of methoxy groups -OCH3 is 1. The minimum atomic E-state index is -0.161. The van der Waals surface area contributed by atoms with E-state index in [4.69, 9.17) is 4.74 Å². The first-order valence-corrected chi connectivity index (χ1v) is 8.34. The molecule has 0 aromatic carbocycles. The number of aromatic nitrogens is 2. The molecule has 0 saturated carbocycles. The predicted molar refractivity (Wildman–Crippen MR) is 85.6 cm³/mol. The standard InChI is InChI=1S/C16H19N3O2S/c1-21-16-11(5-4-9-18-16)15(20)17-10-8-14-19-12-6-2-3-7-13(12)22-14/h4-5,9H,2-3,6-8,10H2,1H3,(H,17,20). The molecule has 5 nitrogen and oxygen atoms in total. The first kappa shape index (κ1) is 15.0. The molecule has 2 aromatic rings. The molecule has 0 saturated heterocycles. The summed E-state index contributed by atoms with van der Waals surface area (Å²) in [6.45, 7) is 0.573. The molecule has 1 aliphatic rings. The summed E-state index contributed by atoms with van der Waals surface area (Å²) in [5, 5.41) is 4.03. The number of amides is 1. The first-order chi connectivity index (χ1) is 10.8. The highest BCUT2D eigenvalue weighted by molar-refractivity contribution is 7.11. The van der Waals surface area contributed by atoms with E-state index in [0.29, 0.717) is 18.0 Å². The Kier molecular flexibility index (Phi) is 4.68. The number of hydrogen-bond acceptors (Lipinski definition) is 5. The van der Waals surface area contributed by atoms with E-state index >= 15 is 0 Å². The number of hydrogen-bond donors (Lipinski definition) is 1. The molecular formula is C16H19N3O2S. The fourth-order valence-electron chi connectivity index (χ4n) is 2.62. The molecule has 0 atom stereocenters. The van der Waals surface area contributed by atoms with Gasteiger partial charge in [0.05, 0.1) is 17.8 Å². The van der Waals surface area contributed by atoms with Gasteiger partial charge in [0.1, 0.15) is 5.56 Å². The van der Waals surface area contributed by atoms with Crippen LogP contribution in [0.1, 0.15) is 38.8 Å². The highest BCUT2D eigenvalue weighted by atomic mass is 32.1. The van der Waals surface area contributed by atoms with Crippen LogP contribution < -0.4 is 10.1 Å². The van der Waals surface area contributed by atoms with Crippen molar-refractivity contribution in [2.75, 3.05) is 13.7 Å². The summed E-state index contributed by atoms with van der Waals surface area (Å²) in [5.41, 5.74) is 1.73. The van der Waals surface area contributed by atoms with Crippen molar-refractivity contribution in [1.29, 1.82) is 0 Å². The molecule has 1 amide bonds. The summed E-state index contributed by atoms with van der Waals surface area (Å²) in [5.74, 6) is 0.191. The van der Waals surface area contributed by atoms with E-state index in [1.165, 1.54) is 30.5 Å². The number of thiazole rings is 1. The molecule has 2 aromatic heterocycles. The van der Waals surface area contributed by atoms with Crippen LogP contribution in [-0.2, 0) is 19.3 Å². The summed E-state index contributed by atoms with van der Waals surface area (Å²) >= 11 is 1.79. The van der Waals surface area contributed by atoms with Crippen LogP contribution in [0.2, 0.25) is 0 Å². The molecule has 0 unspecified atom stereocenters. The van der Waals surface area contributed by atoms with Gasteiger partial charge in [-0.05, 0) is 37.8 Å². The van der Waals surface area contributed by atoms with Gasteiger partial charge >= 0.3 is 0 Å². The van der Waals surface area contributed by atoms with Gasteiger partial charge in [-0.2, -0.15) is 0 Å².